The summed E-state index contributed by atoms with van der Waals surface area (Å²) in [4.78, 5) is 23.6. The summed E-state index contributed by atoms with van der Waals surface area (Å²) in [5, 5.41) is 9.64. The van der Waals surface area contributed by atoms with Gasteiger partial charge in [-0.15, -0.1) is 0 Å². The molecule has 0 bridgehead atoms. The van der Waals surface area contributed by atoms with Crippen LogP contribution in [0.4, 0.5) is 0 Å². The van der Waals surface area contributed by atoms with Gasteiger partial charge in [-0.1, -0.05) is 15.9 Å². The Bertz CT molecular complexity index is 612. The van der Waals surface area contributed by atoms with E-state index in [9.17, 15) is 14.7 Å². The van der Waals surface area contributed by atoms with E-state index in [0.29, 0.717) is 14.5 Å². The molecule has 0 spiro atoms. The van der Waals surface area contributed by atoms with Crippen molar-refractivity contribution >= 4 is 49.9 Å². The third-order valence-corrected chi connectivity index (χ3v) is 3.80. The van der Waals surface area contributed by atoms with Gasteiger partial charge >= 0.3 is 11.9 Å². The maximum Gasteiger partial charge on any atom is 0.348 e. The van der Waals surface area contributed by atoms with E-state index in [1.54, 1.807) is 6.07 Å². The number of carbonyl (C=O) groups excluding carboxylic acids is 2. The van der Waals surface area contributed by atoms with Gasteiger partial charge in [-0.2, -0.15) is 0 Å². The van der Waals surface area contributed by atoms with E-state index in [1.807, 2.05) is 0 Å². The van der Waals surface area contributed by atoms with Crippen LogP contribution in [-0.2, 0) is 19.1 Å². The number of halogens is 2. The van der Waals surface area contributed by atoms with Gasteiger partial charge in [0.2, 0.25) is 0 Å². The lowest BCUT2D eigenvalue weighted by molar-refractivity contribution is -0.222. The maximum absolute atomic E-state index is 11.8. The third-order valence-electron chi connectivity index (χ3n) is 2.48. The van der Waals surface area contributed by atoms with Crippen LogP contribution in [0.5, 0.6) is 5.75 Å². The quantitative estimate of drug-likeness (QED) is 0.441. The SMILES string of the molecule is CC1(C)OC(=O)C(=Cc2cc(O)c(Br)cc2Br)C(=O)O1. The van der Waals surface area contributed by atoms with Crippen molar-refractivity contribution in [3.63, 3.8) is 0 Å². The van der Waals surface area contributed by atoms with Gasteiger partial charge in [-0.25, -0.2) is 9.59 Å². The zero-order chi connectivity index (χ0) is 15.1. The highest BCUT2D eigenvalue weighted by Crippen LogP contribution is 2.33. The van der Waals surface area contributed by atoms with Crippen LogP contribution < -0.4 is 0 Å². The average Bonchev–Trinajstić information content (AvgIpc) is 2.28. The highest BCUT2D eigenvalue weighted by molar-refractivity contribution is 9.11. The molecule has 0 unspecified atom stereocenters. The summed E-state index contributed by atoms with van der Waals surface area (Å²) in [6, 6.07) is 3.01. The van der Waals surface area contributed by atoms with E-state index < -0.39 is 17.7 Å². The van der Waals surface area contributed by atoms with Gasteiger partial charge < -0.3 is 14.6 Å². The van der Waals surface area contributed by atoms with Crippen molar-refractivity contribution in [2.45, 2.75) is 19.6 Å². The largest absolute Gasteiger partial charge is 0.507 e. The van der Waals surface area contributed by atoms with Crippen LogP contribution in [0.2, 0.25) is 0 Å². The molecule has 1 fully saturated rings. The maximum atomic E-state index is 11.8. The Labute approximate surface area is 131 Å². The van der Waals surface area contributed by atoms with E-state index in [2.05, 4.69) is 31.9 Å². The van der Waals surface area contributed by atoms with Crippen molar-refractivity contribution in [2.24, 2.45) is 0 Å². The fourth-order valence-corrected chi connectivity index (χ4v) is 2.71. The molecule has 0 aliphatic carbocycles. The van der Waals surface area contributed by atoms with Gasteiger partial charge in [0.05, 0.1) is 4.47 Å². The fraction of sp³-hybridized carbons (Fsp3) is 0.231. The molecule has 2 rings (SSSR count). The number of aromatic hydroxyl groups is 1. The van der Waals surface area contributed by atoms with Crippen LogP contribution >= 0.6 is 31.9 Å². The first-order valence-electron chi connectivity index (χ1n) is 5.56. The van der Waals surface area contributed by atoms with Crippen molar-refractivity contribution in [1.82, 2.24) is 0 Å². The molecular weight excluding hydrogens is 396 g/mol. The second-order valence-corrected chi connectivity index (χ2v) is 6.27. The summed E-state index contributed by atoms with van der Waals surface area (Å²) in [7, 11) is 0. The molecule has 1 N–H and O–H groups in total. The number of hydrogen-bond acceptors (Lipinski definition) is 5. The number of esters is 2. The van der Waals surface area contributed by atoms with Crippen molar-refractivity contribution in [3.8, 4) is 5.75 Å². The lowest BCUT2D eigenvalue weighted by Gasteiger charge is -2.29. The van der Waals surface area contributed by atoms with Crippen LogP contribution in [0.25, 0.3) is 6.08 Å². The smallest absolute Gasteiger partial charge is 0.348 e. The summed E-state index contributed by atoms with van der Waals surface area (Å²) < 4.78 is 11.1. The minimum absolute atomic E-state index is 0.0158. The predicted octanol–water partition coefficient (Wildman–Crippen LogP) is 3.14. The summed E-state index contributed by atoms with van der Waals surface area (Å²) in [6.07, 6.45) is 1.30. The highest BCUT2D eigenvalue weighted by Gasteiger charge is 2.38. The second kappa shape index (κ2) is 5.21. The first-order chi connectivity index (χ1) is 9.19. The summed E-state index contributed by atoms with van der Waals surface area (Å²) in [5.41, 5.74) is 0.223. The van der Waals surface area contributed by atoms with Crippen LogP contribution in [0.1, 0.15) is 19.4 Å². The Morgan fingerprint density at radius 2 is 1.65 bits per heavy atom. The van der Waals surface area contributed by atoms with E-state index in [0.717, 1.165) is 0 Å². The molecule has 1 aromatic rings. The topological polar surface area (TPSA) is 72.8 Å². The number of hydrogen-bond donors (Lipinski definition) is 1. The molecule has 1 aliphatic rings. The molecule has 1 aliphatic heterocycles. The standard InChI is InChI=1S/C13H10Br2O5/c1-13(2)19-11(17)7(12(18)20-13)3-6-4-10(16)9(15)5-8(6)14/h3-5,16H,1-2H3. The van der Waals surface area contributed by atoms with Crippen LogP contribution in [0.3, 0.4) is 0 Å². The Balaban J connectivity index is 2.43. The normalized spacial score (nSPS) is 17.5. The van der Waals surface area contributed by atoms with E-state index in [1.165, 1.54) is 26.0 Å². The third kappa shape index (κ3) is 3.04. The molecular formula is C13H10Br2O5. The molecule has 7 heteroatoms. The summed E-state index contributed by atoms with van der Waals surface area (Å²) in [5.74, 6) is -2.82. The lowest BCUT2D eigenvalue weighted by Crippen LogP contribution is -2.41. The highest BCUT2D eigenvalue weighted by atomic mass is 79.9. The molecule has 0 aromatic heterocycles. The van der Waals surface area contributed by atoms with Gasteiger partial charge in [0.15, 0.2) is 0 Å². The number of carbonyl (C=O) groups is 2. The van der Waals surface area contributed by atoms with E-state index >= 15 is 0 Å². The van der Waals surface area contributed by atoms with Crippen molar-refractivity contribution < 1.29 is 24.2 Å². The van der Waals surface area contributed by atoms with Gasteiger partial charge in [-0.05, 0) is 39.7 Å². The summed E-state index contributed by atoms with van der Waals surface area (Å²) >= 11 is 6.44. The van der Waals surface area contributed by atoms with Crippen LogP contribution in [0, 0.1) is 0 Å². The molecule has 20 heavy (non-hydrogen) atoms. The van der Waals surface area contributed by atoms with Crippen molar-refractivity contribution in [3.05, 3.63) is 32.2 Å². The first-order valence-corrected chi connectivity index (χ1v) is 7.14. The molecule has 0 atom stereocenters. The number of phenolic OH excluding ortho intramolecular Hbond substituents is 1. The molecule has 1 saturated heterocycles. The minimum atomic E-state index is -1.27. The van der Waals surface area contributed by atoms with Crippen molar-refractivity contribution in [2.75, 3.05) is 0 Å². The van der Waals surface area contributed by atoms with Crippen molar-refractivity contribution in [1.29, 1.82) is 0 Å². The second-order valence-electron chi connectivity index (χ2n) is 4.56. The zero-order valence-corrected chi connectivity index (χ0v) is 13.7. The van der Waals surface area contributed by atoms with Gasteiger partial charge in [0.1, 0.15) is 11.3 Å². The van der Waals surface area contributed by atoms with Crippen LogP contribution in [-0.4, -0.2) is 22.8 Å². The lowest BCUT2D eigenvalue weighted by atomic mass is 10.1. The number of phenols is 1. The Morgan fingerprint density at radius 1 is 1.10 bits per heavy atom. The van der Waals surface area contributed by atoms with E-state index in [4.69, 9.17) is 9.47 Å². The molecule has 0 amide bonds. The molecule has 5 nitrogen and oxygen atoms in total. The monoisotopic (exact) mass is 404 g/mol. The molecule has 106 valence electrons. The number of rotatable bonds is 1. The summed E-state index contributed by atoms with van der Waals surface area (Å²) in [6.45, 7) is 2.95. The Kier molecular flexibility index (Phi) is 3.93. The first kappa shape index (κ1) is 15.1. The number of cyclic esters (lactones) is 2. The minimum Gasteiger partial charge on any atom is -0.507 e. The fourth-order valence-electron chi connectivity index (χ4n) is 1.60. The average molecular weight is 406 g/mol. The van der Waals surface area contributed by atoms with Crippen LogP contribution in [0.15, 0.2) is 26.7 Å². The zero-order valence-electron chi connectivity index (χ0n) is 10.6. The van der Waals surface area contributed by atoms with E-state index in [-0.39, 0.29) is 11.3 Å². The van der Waals surface area contributed by atoms with Gasteiger partial charge in [-0.3, -0.25) is 0 Å². The van der Waals surface area contributed by atoms with Gasteiger partial charge in [0, 0.05) is 18.3 Å². The molecule has 1 heterocycles. The Morgan fingerprint density at radius 3 is 2.20 bits per heavy atom. The van der Waals surface area contributed by atoms with Gasteiger partial charge in [0.25, 0.3) is 5.79 Å². The molecule has 0 radical (unpaired) electrons. The number of ether oxygens (including phenoxy) is 2. The Hall–Kier alpha value is -1.34. The number of benzene rings is 1. The molecule has 1 aromatic carbocycles. The molecule has 0 saturated carbocycles. The predicted molar refractivity (Wildman–Crippen MR) is 77.7 cm³/mol.